The molecule has 0 saturated heterocycles. The fourth-order valence-corrected chi connectivity index (χ4v) is 1.43. The van der Waals surface area contributed by atoms with E-state index in [1.165, 1.54) is 6.20 Å². The van der Waals surface area contributed by atoms with Gasteiger partial charge in [0.1, 0.15) is 5.82 Å². The highest BCUT2D eigenvalue weighted by Gasteiger charge is 2.10. The lowest BCUT2D eigenvalue weighted by atomic mass is 10.2. The minimum atomic E-state index is -0.869. The molecule has 7 heteroatoms. The van der Waals surface area contributed by atoms with E-state index in [0.717, 1.165) is 0 Å². The number of rotatable bonds is 4. The topological polar surface area (TPSA) is 75.1 Å². The molecule has 1 aromatic rings. The molecule has 0 saturated carbocycles. The van der Waals surface area contributed by atoms with Crippen molar-refractivity contribution in [3.05, 3.63) is 16.0 Å². The van der Waals surface area contributed by atoms with Crippen LogP contribution < -0.4 is 5.32 Å². The normalized spacial score (nSPS) is 12.2. The average molecular weight is 295 g/mol. The zero-order valence-corrected chi connectivity index (χ0v) is 10.2. The van der Waals surface area contributed by atoms with Crippen molar-refractivity contribution >= 4 is 39.3 Å². The van der Waals surface area contributed by atoms with Crippen LogP contribution in [0.15, 0.2) is 10.7 Å². The fraction of sp³-hybridized carbons (Fsp3) is 0.375. The molecule has 0 aliphatic heterocycles. The van der Waals surface area contributed by atoms with Gasteiger partial charge < -0.3 is 10.4 Å². The van der Waals surface area contributed by atoms with E-state index in [0.29, 0.717) is 10.3 Å². The van der Waals surface area contributed by atoms with Crippen LogP contribution in [0.2, 0.25) is 5.28 Å². The molecule has 0 amide bonds. The molecule has 2 N–H and O–H groups in total. The maximum atomic E-state index is 10.4. The van der Waals surface area contributed by atoms with Crippen LogP contribution in [-0.2, 0) is 4.79 Å². The van der Waals surface area contributed by atoms with E-state index < -0.39 is 5.97 Å². The Morgan fingerprint density at radius 3 is 3.07 bits per heavy atom. The summed E-state index contributed by atoms with van der Waals surface area (Å²) >= 11 is 8.84. The van der Waals surface area contributed by atoms with Crippen molar-refractivity contribution in [3.63, 3.8) is 0 Å². The highest BCUT2D eigenvalue weighted by molar-refractivity contribution is 9.10. The largest absolute Gasteiger partial charge is 0.481 e. The molecule has 1 unspecified atom stereocenters. The van der Waals surface area contributed by atoms with E-state index in [1.807, 2.05) is 0 Å². The number of aromatic nitrogens is 2. The van der Waals surface area contributed by atoms with Crippen LogP contribution in [0.25, 0.3) is 0 Å². The minimum Gasteiger partial charge on any atom is -0.481 e. The van der Waals surface area contributed by atoms with Crippen LogP contribution in [0.1, 0.15) is 13.3 Å². The number of carbonyl (C=O) groups is 1. The van der Waals surface area contributed by atoms with E-state index in [1.54, 1.807) is 6.92 Å². The Kier molecular flexibility index (Phi) is 4.28. The molecule has 0 spiro atoms. The van der Waals surface area contributed by atoms with E-state index in [2.05, 4.69) is 31.2 Å². The molecular formula is C8H9BrClN3O2. The van der Waals surface area contributed by atoms with E-state index >= 15 is 0 Å². The number of aliphatic carboxylic acids is 1. The number of hydrogen-bond donors (Lipinski definition) is 2. The summed E-state index contributed by atoms with van der Waals surface area (Å²) in [6.45, 7) is 1.75. The average Bonchev–Trinajstić information content (AvgIpc) is 2.10. The Labute approximate surface area is 100 Å². The number of carboxylic acids is 1. The lowest BCUT2D eigenvalue weighted by Crippen LogP contribution is -2.20. The van der Waals surface area contributed by atoms with E-state index in [4.69, 9.17) is 16.7 Å². The van der Waals surface area contributed by atoms with Crippen molar-refractivity contribution in [2.24, 2.45) is 0 Å². The maximum Gasteiger partial charge on any atom is 0.305 e. The summed E-state index contributed by atoms with van der Waals surface area (Å²) in [4.78, 5) is 18.1. The third-order valence-electron chi connectivity index (χ3n) is 1.58. The third-order valence-corrected chi connectivity index (χ3v) is 2.34. The van der Waals surface area contributed by atoms with Gasteiger partial charge in [0.2, 0.25) is 5.28 Å². The predicted molar refractivity (Wildman–Crippen MR) is 60.1 cm³/mol. The van der Waals surface area contributed by atoms with Gasteiger partial charge in [-0.1, -0.05) is 0 Å². The van der Waals surface area contributed by atoms with Crippen LogP contribution >= 0.6 is 27.5 Å². The molecule has 0 radical (unpaired) electrons. The van der Waals surface area contributed by atoms with E-state index in [9.17, 15) is 4.79 Å². The minimum absolute atomic E-state index is 0.00800. The van der Waals surface area contributed by atoms with Crippen molar-refractivity contribution in [2.75, 3.05) is 5.32 Å². The summed E-state index contributed by atoms with van der Waals surface area (Å²) in [5.74, 6) is -0.380. The Balaban J connectivity index is 2.71. The van der Waals surface area contributed by atoms with Crippen molar-refractivity contribution in [1.29, 1.82) is 0 Å². The number of nitrogens with zero attached hydrogens (tertiary/aromatic N) is 2. The Morgan fingerprint density at radius 1 is 1.80 bits per heavy atom. The quantitative estimate of drug-likeness (QED) is 0.832. The Hall–Kier alpha value is -0.880. The van der Waals surface area contributed by atoms with Gasteiger partial charge in [-0.3, -0.25) is 4.79 Å². The maximum absolute atomic E-state index is 10.4. The summed E-state index contributed by atoms with van der Waals surface area (Å²) < 4.78 is 0.643. The van der Waals surface area contributed by atoms with Gasteiger partial charge in [-0.25, -0.2) is 4.98 Å². The molecule has 0 aromatic carbocycles. The van der Waals surface area contributed by atoms with Gasteiger partial charge in [0.05, 0.1) is 10.9 Å². The van der Waals surface area contributed by atoms with Crippen LogP contribution in [0.5, 0.6) is 0 Å². The molecule has 0 aliphatic carbocycles. The first-order valence-corrected chi connectivity index (χ1v) is 5.32. The molecule has 1 atom stereocenters. The van der Waals surface area contributed by atoms with Crippen molar-refractivity contribution in [1.82, 2.24) is 9.97 Å². The molecule has 0 fully saturated rings. The monoisotopic (exact) mass is 293 g/mol. The highest BCUT2D eigenvalue weighted by atomic mass is 79.9. The van der Waals surface area contributed by atoms with Crippen LogP contribution in [0.3, 0.4) is 0 Å². The second-order valence-corrected chi connectivity index (χ2v) is 4.17. The van der Waals surface area contributed by atoms with Crippen LogP contribution in [-0.4, -0.2) is 27.1 Å². The van der Waals surface area contributed by atoms with Crippen molar-refractivity contribution in [2.45, 2.75) is 19.4 Å². The molecule has 15 heavy (non-hydrogen) atoms. The van der Waals surface area contributed by atoms with Gasteiger partial charge in [-0.15, -0.1) is 0 Å². The SMILES string of the molecule is CC(CC(=O)O)Nc1nc(Cl)ncc1Br. The molecule has 1 rings (SSSR count). The van der Waals surface area contributed by atoms with Crippen molar-refractivity contribution < 1.29 is 9.90 Å². The van der Waals surface area contributed by atoms with Gasteiger partial charge in [0, 0.05) is 12.2 Å². The van der Waals surface area contributed by atoms with Crippen LogP contribution in [0.4, 0.5) is 5.82 Å². The first-order valence-electron chi connectivity index (χ1n) is 4.15. The van der Waals surface area contributed by atoms with Gasteiger partial charge in [0.25, 0.3) is 0 Å². The molecule has 1 aromatic heterocycles. The fourth-order valence-electron chi connectivity index (χ4n) is 0.993. The van der Waals surface area contributed by atoms with Crippen molar-refractivity contribution in [3.8, 4) is 0 Å². The predicted octanol–water partition coefficient (Wildman–Crippen LogP) is 2.17. The second kappa shape index (κ2) is 5.27. The molecule has 0 bridgehead atoms. The second-order valence-electron chi connectivity index (χ2n) is 2.98. The standard InChI is InChI=1S/C8H9BrClN3O2/c1-4(2-6(14)15)12-7-5(9)3-11-8(10)13-7/h3-4H,2H2,1H3,(H,14,15)(H,11,12,13). The number of halogens is 2. The molecule has 5 nitrogen and oxygen atoms in total. The third kappa shape index (κ3) is 4.01. The van der Waals surface area contributed by atoms with Gasteiger partial charge in [0.15, 0.2) is 0 Å². The Morgan fingerprint density at radius 2 is 2.47 bits per heavy atom. The Bertz CT molecular complexity index is 375. The number of anilines is 1. The smallest absolute Gasteiger partial charge is 0.305 e. The zero-order valence-electron chi connectivity index (χ0n) is 7.87. The lowest BCUT2D eigenvalue weighted by molar-refractivity contribution is -0.137. The summed E-state index contributed by atoms with van der Waals surface area (Å²) in [6.07, 6.45) is 1.51. The highest BCUT2D eigenvalue weighted by Crippen LogP contribution is 2.21. The van der Waals surface area contributed by atoms with E-state index in [-0.39, 0.29) is 17.7 Å². The van der Waals surface area contributed by atoms with Gasteiger partial charge in [-0.2, -0.15) is 4.98 Å². The summed E-state index contributed by atoms with van der Waals surface area (Å²) in [5.41, 5.74) is 0. The number of carboxylic acid groups (broad SMARTS) is 1. The summed E-state index contributed by atoms with van der Waals surface area (Å²) in [7, 11) is 0. The first kappa shape index (κ1) is 12.2. The van der Waals surface area contributed by atoms with Gasteiger partial charge >= 0.3 is 5.97 Å². The number of nitrogens with one attached hydrogen (secondary N) is 1. The zero-order chi connectivity index (χ0) is 11.4. The lowest BCUT2D eigenvalue weighted by Gasteiger charge is -2.13. The molecule has 0 aliphatic rings. The molecular weight excluding hydrogens is 285 g/mol. The molecule has 1 heterocycles. The summed E-state index contributed by atoms with van der Waals surface area (Å²) in [6, 6.07) is -0.232. The first-order chi connectivity index (χ1) is 6.99. The van der Waals surface area contributed by atoms with Gasteiger partial charge in [-0.05, 0) is 34.5 Å². The van der Waals surface area contributed by atoms with Crippen LogP contribution in [0, 0.1) is 0 Å². The summed E-state index contributed by atoms with van der Waals surface area (Å²) in [5, 5.41) is 11.6. The molecule has 82 valence electrons. The number of hydrogen-bond acceptors (Lipinski definition) is 4.